The highest BCUT2D eigenvalue weighted by molar-refractivity contribution is 7.99. The monoisotopic (exact) mass is 454 g/mol. The summed E-state index contributed by atoms with van der Waals surface area (Å²) in [6.45, 7) is 5.14. The molecule has 168 valence electrons. The number of aromatic nitrogens is 2. The minimum Gasteiger partial charge on any atom is -0.496 e. The van der Waals surface area contributed by atoms with Gasteiger partial charge in [-0.05, 0) is 24.3 Å². The number of morpholine rings is 1. The summed E-state index contributed by atoms with van der Waals surface area (Å²) < 4.78 is 12.5. The Kier molecular flexibility index (Phi) is 7.57. The Morgan fingerprint density at radius 3 is 2.72 bits per heavy atom. The molecule has 0 saturated carbocycles. The molecule has 1 fully saturated rings. The number of para-hydroxylation sites is 2. The van der Waals surface area contributed by atoms with Gasteiger partial charge in [-0.3, -0.25) is 14.2 Å². The molecule has 0 spiro atoms. The Bertz CT molecular complexity index is 1140. The highest BCUT2D eigenvalue weighted by atomic mass is 32.2. The molecule has 1 aliphatic rings. The average molecular weight is 455 g/mol. The molecule has 1 saturated heterocycles. The van der Waals surface area contributed by atoms with Crippen LogP contribution in [0, 0.1) is 0 Å². The number of carbonyl (C=O) groups excluding carboxylic acids is 1. The van der Waals surface area contributed by atoms with E-state index in [2.05, 4.69) is 0 Å². The van der Waals surface area contributed by atoms with Crippen molar-refractivity contribution in [2.75, 3.05) is 45.7 Å². The summed E-state index contributed by atoms with van der Waals surface area (Å²) >= 11 is 1.30. The molecule has 1 N–H and O–H groups in total. The number of carbonyl (C=O) groups is 1. The van der Waals surface area contributed by atoms with Gasteiger partial charge < -0.3 is 14.4 Å². The molecule has 0 atom stereocenters. The summed E-state index contributed by atoms with van der Waals surface area (Å²) in [6, 6.07) is 14.6. The topological polar surface area (TPSA) is 74.9 Å². The molecule has 1 aromatic heterocycles. The third kappa shape index (κ3) is 5.20. The summed E-state index contributed by atoms with van der Waals surface area (Å²) in [6.07, 6.45) is 0.864. The largest absolute Gasteiger partial charge is 0.496 e. The van der Waals surface area contributed by atoms with E-state index in [0.717, 1.165) is 39.3 Å². The molecule has 3 aromatic rings. The van der Waals surface area contributed by atoms with Gasteiger partial charge in [0.1, 0.15) is 18.8 Å². The van der Waals surface area contributed by atoms with Crippen LogP contribution in [0.25, 0.3) is 10.9 Å². The maximum absolute atomic E-state index is 13.2. The lowest BCUT2D eigenvalue weighted by atomic mass is 10.1. The first-order valence-corrected chi connectivity index (χ1v) is 11.9. The van der Waals surface area contributed by atoms with Gasteiger partial charge >= 0.3 is 0 Å². The van der Waals surface area contributed by atoms with Crippen molar-refractivity contribution in [2.45, 2.75) is 18.1 Å². The number of Topliss-reactive ketones (excluding diaryl/α,β-unsaturated/α-hetero) is 1. The van der Waals surface area contributed by atoms with Crippen LogP contribution in [0.4, 0.5) is 0 Å². The second-order valence-electron chi connectivity index (χ2n) is 7.75. The summed E-state index contributed by atoms with van der Waals surface area (Å²) in [7, 11) is 1.55. The molecule has 8 heteroatoms. The smallest absolute Gasteiger partial charge is 0.262 e. The number of hydrogen-bond acceptors (Lipinski definition) is 6. The Morgan fingerprint density at radius 2 is 1.91 bits per heavy atom. The van der Waals surface area contributed by atoms with E-state index in [9.17, 15) is 9.59 Å². The van der Waals surface area contributed by atoms with Crippen molar-refractivity contribution in [3.8, 4) is 5.75 Å². The summed E-state index contributed by atoms with van der Waals surface area (Å²) in [5.74, 6) is 0.675. The number of nitrogens with one attached hydrogen (secondary N) is 1. The van der Waals surface area contributed by atoms with Crippen LogP contribution in [-0.4, -0.2) is 61.0 Å². The van der Waals surface area contributed by atoms with E-state index in [1.165, 1.54) is 16.7 Å². The van der Waals surface area contributed by atoms with Gasteiger partial charge in [0.25, 0.3) is 5.56 Å². The van der Waals surface area contributed by atoms with Crippen LogP contribution in [0.5, 0.6) is 5.75 Å². The SMILES string of the molecule is COc1ccccc1C(=O)CSc1nc2ccccc2c(=O)n1CCC[NH+]1CCOCC1. The van der Waals surface area contributed by atoms with Gasteiger partial charge in [0.2, 0.25) is 0 Å². The van der Waals surface area contributed by atoms with Crippen LogP contribution in [0.1, 0.15) is 16.8 Å². The second kappa shape index (κ2) is 10.8. The molecule has 0 bridgehead atoms. The van der Waals surface area contributed by atoms with Gasteiger partial charge in [0.15, 0.2) is 10.9 Å². The number of ketones is 1. The number of methoxy groups -OCH3 is 1. The number of thioether (sulfide) groups is 1. The van der Waals surface area contributed by atoms with Crippen LogP contribution in [0.15, 0.2) is 58.5 Å². The normalized spacial score (nSPS) is 14.5. The van der Waals surface area contributed by atoms with E-state index >= 15 is 0 Å². The van der Waals surface area contributed by atoms with Crippen LogP contribution in [0.3, 0.4) is 0 Å². The highest BCUT2D eigenvalue weighted by Crippen LogP contribution is 2.23. The molecule has 2 aromatic carbocycles. The van der Waals surface area contributed by atoms with Crippen molar-refractivity contribution in [1.29, 1.82) is 0 Å². The fourth-order valence-electron chi connectivity index (χ4n) is 3.94. The zero-order chi connectivity index (χ0) is 22.3. The van der Waals surface area contributed by atoms with E-state index in [0.29, 0.717) is 33.9 Å². The van der Waals surface area contributed by atoms with Crippen molar-refractivity contribution >= 4 is 28.4 Å². The van der Waals surface area contributed by atoms with E-state index < -0.39 is 0 Å². The Balaban J connectivity index is 1.54. The van der Waals surface area contributed by atoms with Gasteiger partial charge in [0.05, 0.1) is 49.1 Å². The van der Waals surface area contributed by atoms with Crippen LogP contribution >= 0.6 is 11.8 Å². The van der Waals surface area contributed by atoms with E-state index in [1.807, 2.05) is 36.4 Å². The fourth-order valence-corrected chi connectivity index (χ4v) is 4.84. The first-order chi connectivity index (χ1) is 15.7. The summed E-state index contributed by atoms with van der Waals surface area (Å²) in [5, 5.41) is 1.18. The summed E-state index contributed by atoms with van der Waals surface area (Å²) in [4.78, 5) is 32.3. The highest BCUT2D eigenvalue weighted by Gasteiger charge is 2.18. The molecule has 0 amide bonds. The van der Waals surface area contributed by atoms with Gasteiger partial charge in [-0.1, -0.05) is 36.0 Å². The van der Waals surface area contributed by atoms with E-state index in [-0.39, 0.29) is 17.1 Å². The van der Waals surface area contributed by atoms with Crippen molar-refractivity contribution in [3.05, 3.63) is 64.4 Å². The Morgan fingerprint density at radius 1 is 1.16 bits per heavy atom. The van der Waals surface area contributed by atoms with Gasteiger partial charge in [-0.25, -0.2) is 4.98 Å². The molecule has 1 aliphatic heterocycles. The molecule has 7 nitrogen and oxygen atoms in total. The fraction of sp³-hybridized carbons (Fsp3) is 0.375. The molecule has 0 aliphatic carbocycles. The third-order valence-electron chi connectivity index (χ3n) is 5.68. The van der Waals surface area contributed by atoms with Crippen molar-refractivity contribution in [1.82, 2.24) is 9.55 Å². The van der Waals surface area contributed by atoms with Crippen molar-refractivity contribution in [2.24, 2.45) is 0 Å². The predicted octanol–water partition coefficient (Wildman–Crippen LogP) is 1.69. The lowest BCUT2D eigenvalue weighted by Gasteiger charge is -2.24. The molecule has 0 unspecified atom stereocenters. The zero-order valence-corrected chi connectivity index (χ0v) is 19.0. The second-order valence-corrected chi connectivity index (χ2v) is 8.69. The molecular weight excluding hydrogens is 426 g/mol. The Hall–Kier alpha value is -2.68. The van der Waals surface area contributed by atoms with Crippen LogP contribution in [0.2, 0.25) is 0 Å². The average Bonchev–Trinajstić information content (AvgIpc) is 2.84. The minimum atomic E-state index is -0.0563. The molecule has 4 rings (SSSR count). The number of nitrogens with zero attached hydrogens (tertiary/aromatic N) is 2. The third-order valence-corrected chi connectivity index (χ3v) is 6.65. The zero-order valence-electron chi connectivity index (χ0n) is 18.2. The van der Waals surface area contributed by atoms with E-state index in [1.54, 1.807) is 23.8 Å². The quantitative estimate of drug-likeness (QED) is 0.301. The van der Waals surface area contributed by atoms with Crippen LogP contribution < -0.4 is 15.2 Å². The maximum Gasteiger partial charge on any atom is 0.262 e. The molecule has 0 radical (unpaired) electrons. The molecule has 32 heavy (non-hydrogen) atoms. The number of ether oxygens (including phenoxy) is 2. The number of quaternary nitrogens is 1. The molecule has 2 heterocycles. The molecular formula is C24H28N3O4S+. The number of fused-ring (bicyclic) bond motifs is 1. The standard InChI is InChI=1S/C24H27N3O4S/c1-30-22-10-5-3-8-19(22)21(28)17-32-24-25-20-9-4-2-7-18(20)23(29)27(24)12-6-11-26-13-15-31-16-14-26/h2-5,7-10H,6,11-17H2,1H3/p+1. The minimum absolute atomic E-state index is 0.0557. The Labute approximate surface area is 191 Å². The predicted molar refractivity (Wildman–Crippen MR) is 125 cm³/mol. The van der Waals surface area contributed by atoms with Crippen molar-refractivity contribution < 1.29 is 19.2 Å². The van der Waals surface area contributed by atoms with Crippen molar-refractivity contribution in [3.63, 3.8) is 0 Å². The lowest BCUT2D eigenvalue weighted by molar-refractivity contribution is -0.908. The van der Waals surface area contributed by atoms with Crippen LogP contribution in [-0.2, 0) is 11.3 Å². The number of benzene rings is 2. The number of hydrogen-bond donors (Lipinski definition) is 1. The first kappa shape index (κ1) is 22.5. The first-order valence-electron chi connectivity index (χ1n) is 10.9. The number of rotatable bonds is 9. The van der Waals surface area contributed by atoms with Gasteiger partial charge in [0, 0.05) is 13.0 Å². The lowest BCUT2D eigenvalue weighted by Crippen LogP contribution is -3.14. The summed E-state index contributed by atoms with van der Waals surface area (Å²) in [5.41, 5.74) is 1.13. The van der Waals surface area contributed by atoms with Gasteiger partial charge in [-0.2, -0.15) is 0 Å². The maximum atomic E-state index is 13.2. The van der Waals surface area contributed by atoms with E-state index in [4.69, 9.17) is 14.5 Å². The van der Waals surface area contributed by atoms with Gasteiger partial charge in [-0.15, -0.1) is 0 Å².